The van der Waals surface area contributed by atoms with Gasteiger partial charge in [0.25, 0.3) is 10.0 Å². The molecular weight excluding hydrogens is 435 g/mol. The van der Waals surface area contributed by atoms with Gasteiger partial charge in [0.2, 0.25) is 0 Å². The number of benzene rings is 2. The molecule has 11 heteroatoms. The Morgan fingerprint density at radius 1 is 1.16 bits per heavy atom. The van der Waals surface area contributed by atoms with E-state index in [0.29, 0.717) is 10.5 Å². The van der Waals surface area contributed by atoms with Crippen LogP contribution in [0.5, 0.6) is 0 Å². The van der Waals surface area contributed by atoms with Crippen molar-refractivity contribution >= 4 is 27.6 Å². The summed E-state index contributed by atoms with van der Waals surface area (Å²) >= 11 is 0. The van der Waals surface area contributed by atoms with E-state index < -0.39 is 28.1 Å². The van der Waals surface area contributed by atoms with Crippen molar-refractivity contribution in [3.05, 3.63) is 59.7 Å². The zero-order valence-corrected chi connectivity index (χ0v) is 17.2. The maximum atomic E-state index is 13.3. The molecule has 2 heterocycles. The maximum absolute atomic E-state index is 13.3. The molecule has 31 heavy (non-hydrogen) atoms. The highest BCUT2D eigenvalue weighted by Crippen LogP contribution is 2.35. The molecule has 1 unspecified atom stereocenters. The van der Waals surface area contributed by atoms with Crippen LogP contribution in [-0.2, 0) is 26.0 Å². The van der Waals surface area contributed by atoms with Crippen molar-refractivity contribution in [1.82, 2.24) is 4.31 Å². The van der Waals surface area contributed by atoms with Crippen molar-refractivity contribution < 1.29 is 31.1 Å². The summed E-state index contributed by atoms with van der Waals surface area (Å²) in [6, 6.07) is 12.4. The van der Waals surface area contributed by atoms with Crippen LogP contribution in [0.1, 0.15) is 17.2 Å². The number of carbonyl (C=O) groups is 1. The van der Waals surface area contributed by atoms with E-state index >= 15 is 0 Å². The zero-order valence-electron chi connectivity index (χ0n) is 16.3. The smallest absolute Gasteiger partial charge is 0.468 e. The van der Waals surface area contributed by atoms with Crippen LogP contribution in [0.4, 0.5) is 18.9 Å². The molecule has 0 fully saturated rings. The number of anilines is 1. The summed E-state index contributed by atoms with van der Waals surface area (Å²) < 4.78 is 71.2. The Kier molecular flexibility index (Phi) is 5.16. The quantitative estimate of drug-likeness (QED) is 0.716. The first kappa shape index (κ1) is 21.2. The third kappa shape index (κ3) is 3.73. The summed E-state index contributed by atoms with van der Waals surface area (Å²) in [7, 11) is -2.76. The third-order valence-electron chi connectivity index (χ3n) is 5.21. The molecule has 2 aliphatic rings. The zero-order chi connectivity index (χ0) is 22.4. The molecule has 2 aromatic carbocycles. The Morgan fingerprint density at radius 2 is 1.87 bits per heavy atom. The topological polar surface area (TPSA) is 79.3 Å². The molecule has 0 saturated carbocycles. The second-order valence-electron chi connectivity index (χ2n) is 7.07. The van der Waals surface area contributed by atoms with Crippen LogP contribution < -0.4 is 4.90 Å². The molecule has 0 saturated heterocycles. The van der Waals surface area contributed by atoms with Crippen molar-refractivity contribution in [3.63, 3.8) is 0 Å². The van der Waals surface area contributed by atoms with Gasteiger partial charge < -0.3 is 9.64 Å². The molecule has 2 aliphatic heterocycles. The molecule has 1 amide bonds. The van der Waals surface area contributed by atoms with Crippen LogP contribution in [0.2, 0.25) is 0 Å². The highest BCUT2D eigenvalue weighted by atomic mass is 32.2. The lowest BCUT2D eigenvalue weighted by Gasteiger charge is -2.21. The molecule has 4 rings (SSSR count). The highest BCUT2D eigenvalue weighted by molar-refractivity contribution is 7.89. The number of fused-ring (bicyclic) bond motifs is 1. The van der Waals surface area contributed by atoms with Crippen LogP contribution in [0.15, 0.2) is 58.4 Å². The number of hydrogen-bond donors (Lipinski definition) is 0. The fourth-order valence-corrected chi connectivity index (χ4v) is 5.16. The molecule has 2 aromatic rings. The molecule has 0 aromatic heterocycles. The minimum Gasteiger partial charge on any atom is -0.468 e. The largest absolute Gasteiger partial charge is 0.471 e. The Labute approximate surface area is 176 Å². The van der Waals surface area contributed by atoms with Gasteiger partial charge in [0.05, 0.1) is 24.6 Å². The van der Waals surface area contributed by atoms with Crippen LogP contribution in [0.25, 0.3) is 0 Å². The van der Waals surface area contributed by atoms with Crippen molar-refractivity contribution in [1.29, 1.82) is 0 Å². The minimum absolute atomic E-state index is 0.0330. The van der Waals surface area contributed by atoms with E-state index in [2.05, 4.69) is 4.99 Å². The normalized spacial score (nSPS) is 18.7. The molecular formula is C20H18F3N3O4S. The number of amidine groups is 1. The van der Waals surface area contributed by atoms with Crippen LogP contribution >= 0.6 is 0 Å². The number of hydrogen-bond acceptors (Lipinski definition) is 5. The van der Waals surface area contributed by atoms with Crippen molar-refractivity contribution in [2.75, 3.05) is 25.1 Å². The van der Waals surface area contributed by atoms with E-state index in [9.17, 15) is 26.4 Å². The number of sulfonamides is 1. The second-order valence-corrected chi connectivity index (χ2v) is 8.94. The Bertz CT molecular complexity index is 1150. The lowest BCUT2D eigenvalue weighted by Crippen LogP contribution is -2.40. The van der Waals surface area contributed by atoms with Gasteiger partial charge in [-0.3, -0.25) is 4.79 Å². The number of ether oxygens (including phenoxy) is 1. The van der Waals surface area contributed by atoms with Crippen molar-refractivity contribution in [2.24, 2.45) is 4.99 Å². The van der Waals surface area contributed by atoms with Gasteiger partial charge in [-0.2, -0.15) is 13.2 Å². The number of carbonyl (C=O) groups excluding carboxylic acids is 1. The number of rotatable bonds is 3. The SMILES string of the molecule is COC1=NC(c2ccccc2)CN1S(=O)(=O)c1ccc2c(c1)CCN2C(=O)C(F)(F)F. The van der Waals surface area contributed by atoms with Gasteiger partial charge in [0, 0.05) is 12.2 Å². The third-order valence-corrected chi connectivity index (χ3v) is 6.94. The second kappa shape index (κ2) is 7.56. The van der Waals surface area contributed by atoms with Gasteiger partial charge >= 0.3 is 18.1 Å². The van der Waals surface area contributed by atoms with Gasteiger partial charge in [-0.05, 0) is 35.7 Å². The molecule has 0 N–H and O–H groups in total. The average molecular weight is 453 g/mol. The number of amides is 1. The Hall–Kier alpha value is -3.08. The summed E-state index contributed by atoms with van der Waals surface area (Å²) in [6.07, 6.45) is -4.88. The molecule has 0 radical (unpaired) electrons. The number of methoxy groups -OCH3 is 1. The van der Waals surface area contributed by atoms with Crippen molar-refractivity contribution in [3.8, 4) is 0 Å². The van der Waals surface area contributed by atoms with E-state index in [1.54, 1.807) is 0 Å². The van der Waals surface area contributed by atoms with E-state index in [1.807, 2.05) is 30.3 Å². The van der Waals surface area contributed by atoms with Gasteiger partial charge in [-0.1, -0.05) is 30.3 Å². The van der Waals surface area contributed by atoms with E-state index in [1.165, 1.54) is 25.3 Å². The first-order chi connectivity index (χ1) is 14.6. The summed E-state index contributed by atoms with van der Waals surface area (Å²) in [4.78, 5) is 16.5. The first-order valence-corrected chi connectivity index (χ1v) is 10.8. The molecule has 0 bridgehead atoms. The molecule has 0 aliphatic carbocycles. The fourth-order valence-electron chi connectivity index (χ4n) is 3.71. The first-order valence-electron chi connectivity index (χ1n) is 9.34. The predicted molar refractivity (Wildman–Crippen MR) is 106 cm³/mol. The predicted octanol–water partition coefficient (Wildman–Crippen LogP) is 2.89. The summed E-state index contributed by atoms with van der Waals surface area (Å²) in [5.41, 5.74) is 1.24. The number of nitrogens with zero attached hydrogens (tertiary/aromatic N) is 3. The van der Waals surface area contributed by atoms with E-state index in [-0.39, 0.29) is 36.1 Å². The molecule has 0 spiro atoms. The lowest BCUT2D eigenvalue weighted by atomic mass is 10.1. The standard InChI is InChI=1S/C20H18F3N3O4S/c1-30-19-24-16(13-5-3-2-4-6-13)12-26(19)31(28,29)15-7-8-17-14(11-15)9-10-25(17)18(27)20(21,22)23/h2-8,11,16H,9-10,12H2,1H3. The summed E-state index contributed by atoms with van der Waals surface area (Å²) in [5, 5.41) is 0. The van der Waals surface area contributed by atoms with Gasteiger partial charge in [0.1, 0.15) is 0 Å². The lowest BCUT2D eigenvalue weighted by molar-refractivity contribution is -0.170. The van der Waals surface area contributed by atoms with Crippen LogP contribution in [0, 0.1) is 0 Å². The summed E-state index contributed by atoms with van der Waals surface area (Å²) in [6.45, 7) is -0.132. The van der Waals surface area contributed by atoms with Gasteiger partial charge in [0.15, 0.2) is 0 Å². The Morgan fingerprint density at radius 3 is 2.52 bits per heavy atom. The van der Waals surface area contributed by atoms with Crippen LogP contribution in [0.3, 0.4) is 0 Å². The summed E-state index contributed by atoms with van der Waals surface area (Å²) in [5.74, 6) is -1.97. The Balaban J connectivity index is 1.63. The van der Waals surface area contributed by atoms with Gasteiger partial charge in [-0.25, -0.2) is 17.7 Å². The number of aliphatic imine (C=N–C) groups is 1. The fraction of sp³-hybridized carbons (Fsp3) is 0.300. The van der Waals surface area contributed by atoms with E-state index in [4.69, 9.17) is 4.74 Å². The number of alkyl halides is 3. The van der Waals surface area contributed by atoms with E-state index in [0.717, 1.165) is 9.87 Å². The molecule has 164 valence electrons. The van der Waals surface area contributed by atoms with Gasteiger partial charge in [-0.15, -0.1) is 0 Å². The van der Waals surface area contributed by atoms with Crippen LogP contribution in [-0.4, -0.2) is 51.0 Å². The molecule has 7 nitrogen and oxygen atoms in total. The maximum Gasteiger partial charge on any atom is 0.471 e. The average Bonchev–Trinajstić information content (AvgIpc) is 3.37. The molecule has 1 atom stereocenters. The number of halogens is 3. The highest BCUT2D eigenvalue weighted by Gasteiger charge is 2.45. The van der Waals surface area contributed by atoms with Crippen molar-refractivity contribution in [2.45, 2.75) is 23.5 Å². The minimum atomic E-state index is -5.00. The monoisotopic (exact) mass is 453 g/mol.